The number of aromatic carboxylic acids is 1. The first-order valence-electron chi connectivity index (χ1n) is 9.18. The van der Waals surface area contributed by atoms with E-state index >= 15 is 0 Å². The average molecular weight is 433 g/mol. The lowest BCUT2D eigenvalue weighted by atomic mass is 10.1. The molecule has 3 aromatic rings. The minimum absolute atomic E-state index is 0.0471. The number of halogens is 1. The van der Waals surface area contributed by atoms with E-state index in [0.29, 0.717) is 22.0 Å². The number of nitrogens with one attached hydrogen (secondary N) is 1. The van der Waals surface area contributed by atoms with Crippen molar-refractivity contribution in [1.29, 1.82) is 5.26 Å². The van der Waals surface area contributed by atoms with Gasteiger partial charge in [0, 0.05) is 10.7 Å². The molecule has 0 aliphatic heterocycles. The molecule has 3 rings (SSSR count). The van der Waals surface area contributed by atoms with E-state index in [1.165, 1.54) is 12.1 Å². The van der Waals surface area contributed by atoms with E-state index in [0.717, 1.165) is 5.56 Å². The molecule has 0 heterocycles. The predicted molar refractivity (Wildman–Crippen MR) is 118 cm³/mol. The number of carboxylic acids is 1. The van der Waals surface area contributed by atoms with Crippen molar-refractivity contribution in [2.75, 3.05) is 5.32 Å². The van der Waals surface area contributed by atoms with Crippen LogP contribution in [0.25, 0.3) is 6.08 Å². The molecule has 0 unspecified atom stereocenters. The Morgan fingerprint density at radius 2 is 1.77 bits per heavy atom. The van der Waals surface area contributed by atoms with Gasteiger partial charge in [-0.05, 0) is 65.7 Å². The third-order valence-electron chi connectivity index (χ3n) is 4.24. The number of nitrogens with zero attached hydrogens (tertiary/aromatic N) is 1. The number of benzene rings is 3. The Bertz CT molecular complexity index is 1160. The Morgan fingerprint density at radius 1 is 1.06 bits per heavy atom. The molecule has 0 fully saturated rings. The van der Waals surface area contributed by atoms with E-state index in [1.807, 2.05) is 6.07 Å². The van der Waals surface area contributed by atoms with E-state index in [9.17, 15) is 14.9 Å². The minimum Gasteiger partial charge on any atom is -0.489 e. The summed E-state index contributed by atoms with van der Waals surface area (Å²) in [7, 11) is 0. The van der Waals surface area contributed by atoms with Gasteiger partial charge in [0.15, 0.2) is 0 Å². The topological polar surface area (TPSA) is 99.4 Å². The number of carboxylic acid groups (broad SMARTS) is 1. The molecule has 6 nitrogen and oxygen atoms in total. The van der Waals surface area contributed by atoms with Crippen molar-refractivity contribution in [3.8, 4) is 11.8 Å². The maximum absolute atomic E-state index is 12.3. The molecule has 7 heteroatoms. The molecule has 31 heavy (non-hydrogen) atoms. The average Bonchev–Trinajstić information content (AvgIpc) is 2.78. The molecule has 0 saturated carbocycles. The van der Waals surface area contributed by atoms with Gasteiger partial charge in [-0.2, -0.15) is 5.26 Å². The zero-order valence-electron chi connectivity index (χ0n) is 16.2. The Morgan fingerprint density at radius 3 is 2.42 bits per heavy atom. The summed E-state index contributed by atoms with van der Waals surface area (Å²) in [6.45, 7) is 0.212. The van der Waals surface area contributed by atoms with Crippen LogP contribution in [0.3, 0.4) is 0 Å². The van der Waals surface area contributed by atoms with Gasteiger partial charge in [-0.3, -0.25) is 4.79 Å². The van der Waals surface area contributed by atoms with Crippen LogP contribution in [0, 0.1) is 11.3 Å². The van der Waals surface area contributed by atoms with Gasteiger partial charge in [-0.1, -0.05) is 35.9 Å². The van der Waals surface area contributed by atoms with Crippen LogP contribution in [0.5, 0.6) is 5.75 Å². The van der Waals surface area contributed by atoms with Crippen LogP contribution in [-0.4, -0.2) is 17.0 Å². The molecular weight excluding hydrogens is 416 g/mol. The summed E-state index contributed by atoms with van der Waals surface area (Å²) >= 11 is 5.82. The fraction of sp³-hybridized carbons (Fsp3) is 0.0417. The first-order valence-corrected chi connectivity index (χ1v) is 9.56. The fourth-order valence-electron chi connectivity index (χ4n) is 2.67. The maximum Gasteiger partial charge on any atom is 0.335 e. The molecule has 0 atom stereocenters. The molecule has 0 saturated heterocycles. The standard InChI is InChI=1S/C24H17ClN2O4/c25-20-6-8-21(9-7-20)27-23(28)19(14-26)12-16-4-10-22(11-5-16)31-15-17-2-1-3-18(13-17)24(29)30/h1-13H,15H2,(H,27,28)(H,29,30)/b19-12-. The van der Waals surface area contributed by atoms with E-state index in [4.69, 9.17) is 21.4 Å². The third-order valence-corrected chi connectivity index (χ3v) is 4.49. The highest BCUT2D eigenvalue weighted by atomic mass is 35.5. The second kappa shape index (κ2) is 10.1. The highest BCUT2D eigenvalue weighted by molar-refractivity contribution is 6.30. The zero-order chi connectivity index (χ0) is 22.2. The molecule has 0 aliphatic carbocycles. The van der Waals surface area contributed by atoms with Crippen molar-refractivity contribution in [3.63, 3.8) is 0 Å². The highest BCUT2D eigenvalue weighted by Crippen LogP contribution is 2.18. The number of carbonyl (C=O) groups is 2. The van der Waals surface area contributed by atoms with Gasteiger partial charge < -0.3 is 15.2 Å². The van der Waals surface area contributed by atoms with Crippen molar-refractivity contribution < 1.29 is 19.4 Å². The van der Waals surface area contributed by atoms with Gasteiger partial charge in [0.05, 0.1) is 5.56 Å². The summed E-state index contributed by atoms with van der Waals surface area (Å²) in [5.74, 6) is -0.947. The smallest absolute Gasteiger partial charge is 0.335 e. The zero-order valence-corrected chi connectivity index (χ0v) is 17.0. The van der Waals surface area contributed by atoms with Gasteiger partial charge in [-0.25, -0.2) is 4.79 Å². The summed E-state index contributed by atoms with van der Waals surface area (Å²) in [4.78, 5) is 23.4. The number of anilines is 1. The Kier molecular flexibility index (Phi) is 7.05. The van der Waals surface area contributed by atoms with Gasteiger partial charge in [0.25, 0.3) is 5.91 Å². The van der Waals surface area contributed by atoms with Crippen molar-refractivity contribution in [2.45, 2.75) is 6.61 Å². The summed E-state index contributed by atoms with van der Waals surface area (Å²) in [5, 5.41) is 21.6. The van der Waals surface area contributed by atoms with Crippen molar-refractivity contribution in [1.82, 2.24) is 0 Å². The normalized spacial score (nSPS) is 10.8. The van der Waals surface area contributed by atoms with E-state index < -0.39 is 11.9 Å². The lowest BCUT2D eigenvalue weighted by Gasteiger charge is -2.08. The van der Waals surface area contributed by atoms with E-state index in [1.54, 1.807) is 66.7 Å². The lowest BCUT2D eigenvalue weighted by molar-refractivity contribution is -0.112. The number of hydrogen-bond acceptors (Lipinski definition) is 4. The fourth-order valence-corrected chi connectivity index (χ4v) is 2.79. The molecular formula is C24H17ClN2O4. The van der Waals surface area contributed by atoms with Crippen LogP contribution >= 0.6 is 11.6 Å². The Balaban J connectivity index is 1.64. The van der Waals surface area contributed by atoms with Gasteiger partial charge >= 0.3 is 5.97 Å². The van der Waals surface area contributed by atoms with E-state index in [2.05, 4.69) is 5.32 Å². The van der Waals surface area contributed by atoms with E-state index in [-0.39, 0.29) is 17.7 Å². The van der Waals surface area contributed by atoms with Gasteiger partial charge in [0.2, 0.25) is 0 Å². The van der Waals surface area contributed by atoms with Crippen molar-refractivity contribution in [2.24, 2.45) is 0 Å². The van der Waals surface area contributed by atoms with Crippen LogP contribution < -0.4 is 10.1 Å². The first-order chi connectivity index (χ1) is 14.9. The summed E-state index contributed by atoms with van der Waals surface area (Å²) in [5.41, 5.74) is 2.07. The predicted octanol–water partition coefficient (Wildman–Crippen LogP) is 5.16. The quantitative estimate of drug-likeness (QED) is 0.396. The van der Waals surface area contributed by atoms with Gasteiger partial charge in [-0.15, -0.1) is 0 Å². The molecule has 0 bridgehead atoms. The number of nitriles is 1. The largest absolute Gasteiger partial charge is 0.489 e. The Hall–Kier alpha value is -4.08. The summed E-state index contributed by atoms with van der Waals surface area (Å²) in [6, 6.07) is 21.8. The van der Waals surface area contributed by atoms with Crippen LogP contribution in [0.1, 0.15) is 21.5 Å². The van der Waals surface area contributed by atoms with Crippen LogP contribution in [-0.2, 0) is 11.4 Å². The van der Waals surface area contributed by atoms with Crippen LogP contribution in [0.4, 0.5) is 5.69 Å². The maximum atomic E-state index is 12.3. The highest BCUT2D eigenvalue weighted by Gasteiger charge is 2.10. The number of carbonyl (C=O) groups excluding carboxylic acids is 1. The lowest BCUT2D eigenvalue weighted by Crippen LogP contribution is -2.13. The van der Waals surface area contributed by atoms with Crippen LogP contribution in [0.15, 0.2) is 78.4 Å². The minimum atomic E-state index is -0.994. The van der Waals surface area contributed by atoms with Crippen molar-refractivity contribution >= 4 is 35.2 Å². The SMILES string of the molecule is N#C/C(=C/c1ccc(OCc2cccc(C(=O)O)c2)cc1)C(=O)Nc1ccc(Cl)cc1. The molecule has 0 aromatic heterocycles. The molecule has 154 valence electrons. The van der Waals surface area contributed by atoms with Crippen LogP contribution in [0.2, 0.25) is 5.02 Å². The van der Waals surface area contributed by atoms with Crippen molar-refractivity contribution in [3.05, 3.63) is 100 Å². The summed E-state index contributed by atoms with van der Waals surface area (Å²) < 4.78 is 5.68. The molecule has 0 radical (unpaired) electrons. The number of rotatable bonds is 7. The monoisotopic (exact) mass is 432 g/mol. The number of hydrogen-bond donors (Lipinski definition) is 2. The molecule has 2 N–H and O–H groups in total. The second-order valence-corrected chi connectivity index (χ2v) is 6.93. The molecule has 3 aromatic carbocycles. The molecule has 0 aliphatic rings. The second-order valence-electron chi connectivity index (χ2n) is 6.49. The number of amides is 1. The summed E-state index contributed by atoms with van der Waals surface area (Å²) in [6.07, 6.45) is 1.48. The first kappa shape index (κ1) is 21.6. The molecule has 1 amide bonds. The Labute approximate surface area is 184 Å². The van der Waals surface area contributed by atoms with Gasteiger partial charge in [0.1, 0.15) is 24.0 Å². The third kappa shape index (κ3) is 6.20. The molecule has 0 spiro atoms. The number of ether oxygens (including phenoxy) is 1.